The standard InChI is InChI=1S/C24H25ClN2O3/c1-15(2)18-7-6-17(4)23(12-18)29-14-24(28)27-26-13-20-9-10-22(30-20)19-8-5-16(3)21(25)11-19/h5-13,15H,14H2,1-4H3,(H,27,28). The van der Waals surface area contributed by atoms with Crippen molar-refractivity contribution in [3.05, 3.63) is 76.0 Å². The second-order valence-corrected chi connectivity index (χ2v) is 7.83. The largest absolute Gasteiger partial charge is 0.483 e. The van der Waals surface area contributed by atoms with Gasteiger partial charge in [0.05, 0.1) is 6.21 Å². The van der Waals surface area contributed by atoms with Crippen LogP contribution in [-0.2, 0) is 4.79 Å². The van der Waals surface area contributed by atoms with Gasteiger partial charge in [-0.2, -0.15) is 5.10 Å². The highest BCUT2D eigenvalue weighted by molar-refractivity contribution is 6.31. The third-order valence-electron chi connectivity index (χ3n) is 4.70. The third kappa shape index (κ3) is 5.51. The van der Waals surface area contributed by atoms with Crippen molar-refractivity contribution in [2.75, 3.05) is 6.61 Å². The Kier molecular flexibility index (Phi) is 6.95. The number of nitrogens with one attached hydrogen (secondary N) is 1. The number of hydrogen-bond donors (Lipinski definition) is 1. The molecule has 1 N–H and O–H groups in total. The van der Waals surface area contributed by atoms with E-state index in [4.69, 9.17) is 20.8 Å². The molecule has 0 aliphatic heterocycles. The summed E-state index contributed by atoms with van der Waals surface area (Å²) in [6, 6.07) is 15.4. The number of furan rings is 1. The van der Waals surface area contributed by atoms with Gasteiger partial charge in [-0.05, 0) is 60.7 Å². The van der Waals surface area contributed by atoms with Crippen LogP contribution in [0.15, 0.2) is 58.0 Å². The normalized spacial score (nSPS) is 11.3. The van der Waals surface area contributed by atoms with Crippen LogP contribution in [0.2, 0.25) is 5.02 Å². The van der Waals surface area contributed by atoms with Crippen molar-refractivity contribution in [3.63, 3.8) is 0 Å². The van der Waals surface area contributed by atoms with Crippen LogP contribution >= 0.6 is 11.6 Å². The molecule has 0 fully saturated rings. The van der Waals surface area contributed by atoms with Gasteiger partial charge in [-0.3, -0.25) is 4.79 Å². The molecule has 6 heteroatoms. The van der Waals surface area contributed by atoms with Gasteiger partial charge in [0.25, 0.3) is 5.91 Å². The molecule has 0 aliphatic rings. The number of ether oxygens (including phenoxy) is 1. The number of nitrogens with zero attached hydrogens (tertiary/aromatic N) is 1. The molecule has 30 heavy (non-hydrogen) atoms. The lowest BCUT2D eigenvalue weighted by Crippen LogP contribution is -2.24. The fourth-order valence-electron chi connectivity index (χ4n) is 2.80. The summed E-state index contributed by atoms with van der Waals surface area (Å²) in [5, 5.41) is 4.62. The first kappa shape index (κ1) is 21.7. The summed E-state index contributed by atoms with van der Waals surface area (Å²) in [4.78, 5) is 12.0. The topological polar surface area (TPSA) is 63.8 Å². The number of carbonyl (C=O) groups excluding carboxylic acids is 1. The van der Waals surface area contributed by atoms with Gasteiger partial charge in [0.15, 0.2) is 6.61 Å². The average molecular weight is 425 g/mol. The predicted molar refractivity (Wildman–Crippen MR) is 120 cm³/mol. The maximum Gasteiger partial charge on any atom is 0.277 e. The van der Waals surface area contributed by atoms with Crippen molar-refractivity contribution < 1.29 is 13.9 Å². The van der Waals surface area contributed by atoms with E-state index < -0.39 is 0 Å². The molecule has 3 aromatic rings. The van der Waals surface area contributed by atoms with E-state index in [9.17, 15) is 4.79 Å². The molecule has 2 aromatic carbocycles. The summed E-state index contributed by atoms with van der Waals surface area (Å²) >= 11 is 6.17. The van der Waals surface area contributed by atoms with E-state index in [0.717, 1.165) is 22.3 Å². The lowest BCUT2D eigenvalue weighted by atomic mass is 10.0. The van der Waals surface area contributed by atoms with Gasteiger partial charge in [0.2, 0.25) is 0 Å². The first-order chi connectivity index (χ1) is 14.3. The monoisotopic (exact) mass is 424 g/mol. The number of rotatable bonds is 7. The van der Waals surface area contributed by atoms with Crippen LogP contribution in [0.3, 0.4) is 0 Å². The van der Waals surface area contributed by atoms with E-state index in [1.54, 1.807) is 6.07 Å². The summed E-state index contributed by atoms with van der Waals surface area (Å²) in [6.45, 7) is 8.00. The Morgan fingerprint density at radius 1 is 1.13 bits per heavy atom. The van der Waals surface area contributed by atoms with E-state index in [1.807, 2.05) is 50.2 Å². The van der Waals surface area contributed by atoms with Crippen LogP contribution in [0.25, 0.3) is 11.3 Å². The predicted octanol–water partition coefficient (Wildman–Crippen LogP) is 5.87. The Hall–Kier alpha value is -3.05. The van der Waals surface area contributed by atoms with Gasteiger partial charge < -0.3 is 9.15 Å². The van der Waals surface area contributed by atoms with E-state index in [0.29, 0.717) is 28.2 Å². The molecule has 0 spiro atoms. The number of aryl methyl sites for hydroxylation is 2. The molecule has 0 unspecified atom stereocenters. The fourth-order valence-corrected chi connectivity index (χ4v) is 2.98. The summed E-state index contributed by atoms with van der Waals surface area (Å²) < 4.78 is 11.4. The van der Waals surface area contributed by atoms with E-state index in [2.05, 4.69) is 30.4 Å². The maximum absolute atomic E-state index is 12.0. The molecule has 0 saturated heterocycles. The van der Waals surface area contributed by atoms with E-state index >= 15 is 0 Å². The van der Waals surface area contributed by atoms with Gasteiger partial charge in [-0.1, -0.05) is 49.7 Å². The molecular weight excluding hydrogens is 400 g/mol. The first-order valence-electron chi connectivity index (χ1n) is 9.75. The quantitative estimate of drug-likeness (QED) is 0.381. The van der Waals surface area contributed by atoms with Crippen molar-refractivity contribution in [2.45, 2.75) is 33.6 Å². The van der Waals surface area contributed by atoms with Gasteiger partial charge in [0.1, 0.15) is 17.3 Å². The third-order valence-corrected chi connectivity index (χ3v) is 5.11. The van der Waals surface area contributed by atoms with Crippen molar-refractivity contribution in [3.8, 4) is 17.1 Å². The van der Waals surface area contributed by atoms with Crippen LogP contribution in [0.5, 0.6) is 5.75 Å². The van der Waals surface area contributed by atoms with Crippen molar-refractivity contribution in [1.29, 1.82) is 0 Å². The minimum atomic E-state index is -0.349. The Balaban J connectivity index is 1.54. The summed E-state index contributed by atoms with van der Waals surface area (Å²) in [5.74, 6) is 1.93. The number of halogens is 1. The van der Waals surface area contributed by atoms with Gasteiger partial charge in [-0.25, -0.2) is 5.43 Å². The summed E-state index contributed by atoms with van der Waals surface area (Å²) in [7, 11) is 0. The zero-order chi connectivity index (χ0) is 21.7. The van der Waals surface area contributed by atoms with Crippen molar-refractivity contribution in [1.82, 2.24) is 5.43 Å². The SMILES string of the molecule is Cc1ccc(-c2ccc(C=NNC(=O)COc3cc(C(C)C)ccc3C)o2)cc1Cl. The molecule has 156 valence electrons. The molecule has 0 bridgehead atoms. The highest BCUT2D eigenvalue weighted by atomic mass is 35.5. The Bertz CT molecular complexity index is 1070. The Labute approximate surface area is 181 Å². The molecule has 1 heterocycles. The highest BCUT2D eigenvalue weighted by Gasteiger charge is 2.08. The fraction of sp³-hybridized carbons (Fsp3) is 0.250. The second-order valence-electron chi connectivity index (χ2n) is 7.43. The van der Waals surface area contributed by atoms with Gasteiger partial charge in [-0.15, -0.1) is 0 Å². The lowest BCUT2D eigenvalue weighted by Gasteiger charge is -2.12. The minimum Gasteiger partial charge on any atom is -0.483 e. The van der Waals surface area contributed by atoms with E-state index in [-0.39, 0.29) is 12.5 Å². The minimum absolute atomic E-state index is 0.120. The van der Waals surface area contributed by atoms with Crippen LogP contribution < -0.4 is 10.2 Å². The van der Waals surface area contributed by atoms with Crippen LogP contribution in [-0.4, -0.2) is 18.7 Å². The number of hydrogen-bond acceptors (Lipinski definition) is 4. The van der Waals surface area contributed by atoms with Crippen molar-refractivity contribution >= 4 is 23.7 Å². The van der Waals surface area contributed by atoms with Crippen LogP contribution in [0, 0.1) is 13.8 Å². The van der Waals surface area contributed by atoms with Crippen LogP contribution in [0.4, 0.5) is 0 Å². The molecule has 0 aliphatic carbocycles. The number of benzene rings is 2. The Morgan fingerprint density at radius 2 is 1.90 bits per heavy atom. The smallest absolute Gasteiger partial charge is 0.277 e. The first-order valence-corrected chi connectivity index (χ1v) is 10.1. The summed E-state index contributed by atoms with van der Waals surface area (Å²) in [5.41, 5.74) is 6.48. The lowest BCUT2D eigenvalue weighted by molar-refractivity contribution is -0.123. The average Bonchev–Trinajstić information content (AvgIpc) is 3.18. The highest BCUT2D eigenvalue weighted by Crippen LogP contribution is 2.26. The maximum atomic E-state index is 12.0. The molecule has 0 atom stereocenters. The second kappa shape index (κ2) is 9.63. The molecule has 0 saturated carbocycles. The van der Waals surface area contributed by atoms with Gasteiger partial charge in [0, 0.05) is 10.6 Å². The number of amides is 1. The zero-order valence-corrected chi connectivity index (χ0v) is 18.3. The number of carbonyl (C=O) groups is 1. The Morgan fingerprint density at radius 3 is 2.63 bits per heavy atom. The molecule has 0 radical (unpaired) electrons. The molecular formula is C24H25ClN2O3. The molecule has 5 nitrogen and oxygen atoms in total. The van der Waals surface area contributed by atoms with Crippen molar-refractivity contribution in [2.24, 2.45) is 5.10 Å². The molecule has 3 rings (SSSR count). The summed E-state index contributed by atoms with van der Waals surface area (Å²) in [6.07, 6.45) is 1.45. The zero-order valence-electron chi connectivity index (χ0n) is 17.5. The number of hydrazone groups is 1. The molecule has 1 aromatic heterocycles. The van der Waals surface area contributed by atoms with E-state index in [1.165, 1.54) is 6.21 Å². The molecule has 1 amide bonds. The van der Waals surface area contributed by atoms with Crippen LogP contribution in [0.1, 0.15) is 42.2 Å². The van der Waals surface area contributed by atoms with Gasteiger partial charge >= 0.3 is 0 Å².